The van der Waals surface area contributed by atoms with Crippen molar-refractivity contribution in [2.45, 2.75) is 25.9 Å². The molecule has 1 amide bonds. The van der Waals surface area contributed by atoms with Crippen LogP contribution in [0.15, 0.2) is 24.3 Å². The number of aryl methyl sites for hydroxylation is 1. The first kappa shape index (κ1) is 17.0. The van der Waals surface area contributed by atoms with E-state index in [9.17, 15) is 4.79 Å². The monoisotopic (exact) mass is 298 g/mol. The zero-order valence-corrected chi connectivity index (χ0v) is 12.7. The van der Waals surface area contributed by atoms with Gasteiger partial charge in [0.15, 0.2) is 0 Å². The molecule has 1 heterocycles. The second-order valence-electron chi connectivity index (χ2n) is 4.77. The summed E-state index contributed by atoms with van der Waals surface area (Å²) in [6, 6.07) is 8.55. The SMILES string of the molecule is CCc1ccc(CCNC(=O)C2CNCCO2)cc1.Cl. The van der Waals surface area contributed by atoms with Crippen molar-refractivity contribution < 1.29 is 9.53 Å². The van der Waals surface area contributed by atoms with Crippen molar-refractivity contribution in [2.75, 3.05) is 26.2 Å². The van der Waals surface area contributed by atoms with Crippen molar-refractivity contribution in [1.82, 2.24) is 10.6 Å². The number of halogens is 1. The normalized spacial score (nSPS) is 18.1. The summed E-state index contributed by atoms with van der Waals surface area (Å²) < 4.78 is 5.40. The minimum Gasteiger partial charge on any atom is -0.366 e. The maximum absolute atomic E-state index is 11.8. The molecule has 4 nitrogen and oxygen atoms in total. The van der Waals surface area contributed by atoms with E-state index in [-0.39, 0.29) is 24.4 Å². The van der Waals surface area contributed by atoms with Gasteiger partial charge >= 0.3 is 0 Å². The Morgan fingerprint density at radius 1 is 1.35 bits per heavy atom. The lowest BCUT2D eigenvalue weighted by Crippen LogP contribution is -2.48. The molecule has 0 radical (unpaired) electrons. The first-order valence-corrected chi connectivity index (χ1v) is 6.97. The van der Waals surface area contributed by atoms with Crippen molar-refractivity contribution in [3.05, 3.63) is 35.4 Å². The summed E-state index contributed by atoms with van der Waals surface area (Å²) in [6.45, 7) is 4.85. The maximum atomic E-state index is 11.8. The van der Waals surface area contributed by atoms with E-state index < -0.39 is 0 Å². The van der Waals surface area contributed by atoms with Crippen LogP contribution in [0.2, 0.25) is 0 Å². The molecule has 0 aromatic heterocycles. The predicted octanol–water partition coefficient (Wildman–Crippen LogP) is 1.32. The summed E-state index contributed by atoms with van der Waals surface area (Å²) in [5.41, 5.74) is 2.59. The molecule has 1 fully saturated rings. The fourth-order valence-corrected chi connectivity index (χ4v) is 2.12. The van der Waals surface area contributed by atoms with E-state index >= 15 is 0 Å². The van der Waals surface area contributed by atoms with Crippen LogP contribution in [-0.4, -0.2) is 38.3 Å². The summed E-state index contributed by atoms with van der Waals surface area (Å²) >= 11 is 0. The number of ether oxygens (including phenoxy) is 1. The molecule has 112 valence electrons. The molecular formula is C15H23ClN2O2. The Hall–Kier alpha value is -1.10. The van der Waals surface area contributed by atoms with Gasteiger partial charge in [0.05, 0.1) is 6.61 Å². The van der Waals surface area contributed by atoms with Crippen LogP contribution in [0, 0.1) is 0 Å². The number of amides is 1. The van der Waals surface area contributed by atoms with Gasteiger partial charge in [-0.15, -0.1) is 12.4 Å². The number of morpholine rings is 1. The van der Waals surface area contributed by atoms with Crippen molar-refractivity contribution in [3.8, 4) is 0 Å². The third-order valence-electron chi connectivity index (χ3n) is 3.36. The molecule has 0 saturated carbocycles. The molecule has 1 aliphatic rings. The molecule has 1 aliphatic heterocycles. The average Bonchev–Trinajstić information content (AvgIpc) is 2.49. The summed E-state index contributed by atoms with van der Waals surface area (Å²) in [6.07, 6.45) is 1.58. The number of hydrogen-bond acceptors (Lipinski definition) is 3. The number of carbonyl (C=O) groups is 1. The Labute approximate surface area is 126 Å². The van der Waals surface area contributed by atoms with Gasteiger partial charge in [-0.2, -0.15) is 0 Å². The standard InChI is InChI=1S/C15H22N2O2.ClH/c1-2-12-3-5-13(6-4-12)7-8-17-15(18)14-11-16-9-10-19-14;/h3-6,14,16H,2,7-11H2,1H3,(H,17,18);1H. The fourth-order valence-electron chi connectivity index (χ4n) is 2.12. The molecular weight excluding hydrogens is 276 g/mol. The molecule has 1 atom stereocenters. The third-order valence-corrected chi connectivity index (χ3v) is 3.36. The smallest absolute Gasteiger partial charge is 0.250 e. The zero-order chi connectivity index (χ0) is 13.5. The molecule has 0 aliphatic carbocycles. The summed E-state index contributed by atoms with van der Waals surface area (Å²) in [4.78, 5) is 11.8. The third kappa shape index (κ3) is 5.12. The van der Waals surface area contributed by atoms with E-state index in [0.717, 1.165) is 19.4 Å². The number of rotatable bonds is 5. The van der Waals surface area contributed by atoms with Crippen molar-refractivity contribution >= 4 is 18.3 Å². The summed E-state index contributed by atoms with van der Waals surface area (Å²) in [7, 11) is 0. The van der Waals surface area contributed by atoms with Crippen LogP contribution in [0.4, 0.5) is 0 Å². The topological polar surface area (TPSA) is 50.4 Å². The Kier molecular flexibility index (Phi) is 7.59. The minimum absolute atomic E-state index is 0. The van der Waals surface area contributed by atoms with E-state index in [4.69, 9.17) is 4.74 Å². The number of hydrogen-bond donors (Lipinski definition) is 2. The minimum atomic E-state index is -0.337. The first-order chi connectivity index (χ1) is 9.29. The van der Waals surface area contributed by atoms with Crippen molar-refractivity contribution in [2.24, 2.45) is 0 Å². The van der Waals surface area contributed by atoms with Crippen LogP contribution in [0.3, 0.4) is 0 Å². The van der Waals surface area contributed by atoms with Crippen LogP contribution in [0.5, 0.6) is 0 Å². The van der Waals surface area contributed by atoms with Crippen LogP contribution in [0.1, 0.15) is 18.1 Å². The lowest BCUT2D eigenvalue weighted by atomic mass is 10.1. The van der Waals surface area contributed by atoms with E-state index in [1.165, 1.54) is 11.1 Å². The van der Waals surface area contributed by atoms with Gasteiger partial charge in [-0.05, 0) is 24.0 Å². The quantitative estimate of drug-likeness (QED) is 0.862. The summed E-state index contributed by atoms with van der Waals surface area (Å²) in [5, 5.41) is 6.08. The van der Waals surface area contributed by atoms with Gasteiger partial charge in [0.2, 0.25) is 5.91 Å². The van der Waals surface area contributed by atoms with Gasteiger partial charge in [-0.25, -0.2) is 0 Å². The van der Waals surface area contributed by atoms with Gasteiger partial charge in [-0.3, -0.25) is 4.79 Å². The second-order valence-corrected chi connectivity index (χ2v) is 4.77. The molecule has 1 aromatic carbocycles. The highest BCUT2D eigenvalue weighted by atomic mass is 35.5. The van der Waals surface area contributed by atoms with Crippen LogP contribution in [0.25, 0.3) is 0 Å². The Bertz CT molecular complexity index is 403. The molecule has 1 saturated heterocycles. The number of carbonyl (C=O) groups excluding carboxylic acids is 1. The van der Waals surface area contributed by atoms with Crippen LogP contribution >= 0.6 is 12.4 Å². The Morgan fingerprint density at radius 2 is 2.05 bits per heavy atom. The summed E-state index contributed by atoms with van der Waals surface area (Å²) in [5.74, 6) is -0.0163. The lowest BCUT2D eigenvalue weighted by Gasteiger charge is -2.22. The molecule has 0 bridgehead atoms. The molecule has 1 aromatic rings. The van der Waals surface area contributed by atoms with Gasteiger partial charge in [0.25, 0.3) is 0 Å². The molecule has 1 unspecified atom stereocenters. The highest BCUT2D eigenvalue weighted by Gasteiger charge is 2.20. The lowest BCUT2D eigenvalue weighted by molar-refractivity contribution is -0.134. The van der Waals surface area contributed by atoms with Crippen LogP contribution in [-0.2, 0) is 22.4 Å². The maximum Gasteiger partial charge on any atom is 0.250 e. The molecule has 5 heteroatoms. The van der Waals surface area contributed by atoms with E-state index in [2.05, 4.69) is 41.8 Å². The van der Waals surface area contributed by atoms with Gasteiger partial charge in [-0.1, -0.05) is 31.2 Å². The average molecular weight is 299 g/mol. The fraction of sp³-hybridized carbons (Fsp3) is 0.533. The van der Waals surface area contributed by atoms with E-state index in [0.29, 0.717) is 19.7 Å². The highest BCUT2D eigenvalue weighted by Crippen LogP contribution is 2.05. The van der Waals surface area contributed by atoms with E-state index in [1.807, 2.05) is 0 Å². The molecule has 2 rings (SSSR count). The zero-order valence-electron chi connectivity index (χ0n) is 11.9. The van der Waals surface area contributed by atoms with Crippen molar-refractivity contribution in [1.29, 1.82) is 0 Å². The first-order valence-electron chi connectivity index (χ1n) is 6.97. The predicted molar refractivity (Wildman–Crippen MR) is 82.4 cm³/mol. The molecule has 2 N–H and O–H groups in total. The number of nitrogens with one attached hydrogen (secondary N) is 2. The van der Waals surface area contributed by atoms with Crippen molar-refractivity contribution in [3.63, 3.8) is 0 Å². The number of benzene rings is 1. The molecule has 20 heavy (non-hydrogen) atoms. The van der Waals surface area contributed by atoms with Gasteiger partial charge < -0.3 is 15.4 Å². The van der Waals surface area contributed by atoms with Crippen LogP contribution < -0.4 is 10.6 Å². The Morgan fingerprint density at radius 3 is 2.65 bits per heavy atom. The molecule has 0 spiro atoms. The highest BCUT2D eigenvalue weighted by molar-refractivity contribution is 5.85. The second kappa shape index (κ2) is 8.95. The largest absolute Gasteiger partial charge is 0.366 e. The Balaban J connectivity index is 0.00000200. The van der Waals surface area contributed by atoms with Gasteiger partial charge in [0.1, 0.15) is 6.10 Å². The van der Waals surface area contributed by atoms with Gasteiger partial charge in [0, 0.05) is 19.6 Å². The van der Waals surface area contributed by atoms with E-state index in [1.54, 1.807) is 0 Å².